The minimum absolute atomic E-state index is 0.0483. The molecule has 3 rings (SSSR count). The number of aryl methyl sites for hydroxylation is 2. The van der Waals surface area contributed by atoms with Gasteiger partial charge in [0.15, 0.2) is 0 Å². The fourth-order valence-corrected chi connectivity index (χ4v) is 3.00. The second-order valence-electron chi connectivity index (χ2n) is 5.76. The predicted octanol–water partition coefficient (Wildman–Crippen LogP) is 2.27. The lowest BCUT2D eigenvalue weighted by atomic mass is 9.86. The number of aromatic nitrogens is 2. The first-order valence-electron chi connectivity index (χ1n) is 7.08. The summed E-state index contributed by atoms with van der Waals surface area (Å²) in [4.78, 5) is 14.1. The Morgan fingerprint density at radius 1 is 1.29 bits per heavy atom. The van der Waals surface area contributed by atoms with Crippen molar-refractivity contribution in [2.75, 3.05) is 24.3 Å². The van der Waals surface area contributed by atoms with Crippen molar-refractivity contribution in [2.45, 2.75) is 19.3 Å². The van der Waals surface area contributed by atoms with E-state index >= 15 is 0 Å². The van der Waals surface area contributed by atoms with Crippen molar-refractivity contribution in [3.05, 3.63) is 41.1 Å². The minimum Gasteiger partial charge on any atom is -0.378 e. The minimum atomic E-state index is 0.0483. The van der Waals surface area contributed by atoms with Crippen LogP contribution >= 0.6 is 0 Å². The van der Waals surface area contributed by atoms with Crippen LogP contribution < -0.4 is 10.2 Å². The van der Waals surface area contributed by atoms with Crippen molar-refractivity contribution in [2.24, 2.45) is 7.05 Å². The molecular formula is C16H20N4O. The molecule has 0 radical (unpaired) electrons. The fourth-order valence-electron chi connectivity index (χ4n) is 3.00. The Morgan fingerprint density at radius 3 is 2.57 bits per heavy atom. The molecule has 0 aliphatic carbocycles. The largest absolute Gasteiger partial charge is 0.378 e. The monoisotopic (exact) mass is 284 g/mol. The highest BCUT2D eigenvalue weighted by molar-refractivity contribution is 5.94. The average Bonchev–Trinajstić information content (AvgIpc) is 2.73. The molecule has 1 atom stereocenters. The molecule has 2 aromatic rings. The molecular weight excluding hydrogens is 264 g/mol. The number of nitrogens with one attached hydrogen (secondary N) is 1. The third-order valence-electron chi connectivity index (χ3n) is 4.08. The van der Waals surface area contributed by atoms with Gasteiger partial charge in [-0.05, 0) is 24.6 Å². The lowest BCUT2D eigenvalue weighted by Gasteiger charge is -2.24. The summed E-state index contributed by atoms with van der Waals surface area (Å²) in [5.74, 6) is 0.955. The highest BCUT2D eigenvalue weighted by Crippen LogP contribution is 2.39. The summed E-state index contributed by atoms with van der Waals surface area (Å²) >= 11 is 0. The van der Waals surface area contributed by atoms with Crippen molar-refractivity contribution in [1.29, 1.82) is 0 Å². The van der Waals surface area contributed by atoms with Crippen molar-refractivity contribution >= 4 is 17.4 Å². The van der Waals surface area contributed by atoms with Crippen LogP contribution in [-0.2, 0) is 11.8 Å². The van der Waals surface area contributed by atoms with Gasteiger partial charge in [-0.15, -0.1) is 0 Å². The van der Waals surface area contributed by atoms with Gasteiger partial charge < -0.3 is 10.2 Å². The van der Waals surface area contributed by atoms with E-state index in [0.717, 1.165) is 28.3 Å². The molecule has 0 saturated carbocycles. The molecule has 1 aromatic carbocycles. The molecule has 0 saturated heterocycles. The van der Waals surface area contributed by atoms with Gasteiger partial charge in [0.05, 0.1) is 5.69 Å². The number of amides is 1. The van der Waals surface area contributed by atoms with Crippen molar-refractivity contribution < 1.29 is 4.79 Å². The number of carbonyl (C=O) groups is 1. The van der Waals surface area contributed by atoms with E-state index in [1.54, 1.807) is 4.68 Å². The SMILES string of the molecule is Cc1nn(C)c2c1C(c1ccc(N(C)C)cc1)CC(=O)N2. The van der Waals surface area contributed by atoms with E-state index in [1.807, 2.05) is 28.1 Å². The first kappa shape index (κ1) is 13.7. The molecule has 21 heavy (non-hydrogen) atoms. The molecule has 1 aliphatic heterocycles. The zero-order valence-corrected chi connectivity index (χ0v) is 12.8. The van der Waals surface area contributed by atoms with E-state index in [1.165, 1.54) is 0 Å². The number of rotatable bonds is 2. The summed E-state index contributed by atoms with van der Waals surface area (Å²) in [6.45, 7) is 2.00. The van der Waals surface area contributed by atoms with E-state index in [4.69, 9.17) is 0 Å². The molecule has 1 N–H and O–H groups in total. The van der Waals surface area contributed by atoms with Crippen LogP contribution in [0.15, 0.2) is 24.3 Å². The van der Waals surface area contributed by atoms with Gasteiger partial charge >= 0.3 is 0 Å². The molecule has 5 heteroatoms. The molecule has 0 spiro atoms. The Kier molecular flexibility index (Phi) is 3.20. The first-order valence-corrected chi connectivity index (χ1v) is 7.08. The predicted molar refractivity (Wildman–Crippen MR) is 83.8 cm³/mol. The molecule has 1 aliphatic rings. The normalized spacial score (nSPS) is 17.3. The number of nitrogens with zero attached hydrogens (tertiary/aromatic N) is 3. The van der Waals surface area contributed by atoms with Gasteiger partial charge in [0.25, 0.3) is 0 Å². The Hall–Kier alpha value is -2.30. The molecule has 110 valence electrons. The van der Waals surface area contributed by atoms with E-state index in [-0.39, 0.29) is 11.8 Å². The fraction of sp³-hybridized carbons (Fsp3) is 0.375. The quantitative estimate of drug-likeness (QED) is 0.920. The number of fused-ring (bicyclic) bond motifs is 1. The number of benzene rings is 1. The number of anilines is 2. The summed E-state index contributed by atoms with van der Waals surface area (Å²) in [6, 6.07) is 8.39. The van der Waals surface area contributed by atoms with Gasteiger partial charge in [0.1, 0.15) is 5.82 Å². The maximum atomic E-state index is 12.0. The summed E-state index contributed by atoms with van der Waals surface area (Å²) < 4.78 is 1.75. The third-order valence-corrected chi connectivity index (χ3v) is 4.08. The standard InChI is InChI=1S/C16H20N4O/c1-10-15-13(9-14(21)17-16(15)20(4)18-10)11-5-7-12(8-6-11)19(2)3/h5-8,13H,9H2,1-4H3,(H,17,21). The summed E-state index contributed by atoms with van der Waals surface area (Å²) in [5.41, 5.74) is 4.43. The summed E-state index contributed by atoms with van der Waals surface area (Å²) in [7, 11) is 5.91. The van der Waals surface area contributed by atoms with E-state index < -0.39 is 0 Å². The van der Waals surface area contributed by atoms with E-state index in [2.05, 4.69) is 39.6 Å². The van der Waals surface area contributed by atoms with Crippen LogP contribution in [0.4, 0.5) is 11.5 Å². The van der Waals surface area contributed by atoms with E-state index in [9.17, 15) is 4.79 Å². The van der Waals surface area contributed by atoms with Crippen LogP contribution in [0.2, 0.25) is 0 Å². The summed E-state index contributed by atoms with van der Waals surface area (Å²) in [5, 5.41) is 7.37. The van der Waals surface area contributed by atoms with Gasteiger partial charge in [-0.3, -0.25) is 9.48 Å². The number of hydrogen-bond acceptors (Lipinski definition) is 3. The Balaban J connectivity index is 2.05. The van der Waals surface area contributed by atoms with Gasteiger partial charge in [0.2, 0.25) is 5.91 Å². The highest BCUT2D eigenvalue weighted by Gasteiger charge is 2.31. The van der Waals surface area contributed by atoms with Crippen LogP contribution in [0.1, 0.15) is 29.2 Å². The first-order chi connectivity index (χ1) is 9.97. The van der Waals surface area contributed by atoms with Crippen LogP contribution in [0.5, 0.6) is 0 Å². The summed E-state index contributed by atoms with van der Waals surface area (Å²) in [6.07, 6.45) is 0.473. The maximum Gasteiger partial charge on any atom is 0.226 e. The van der Waals surface area contributed by atoms with Gasteiger partial charge in [-0.1, -0.05) is 12.1 Å². The third kappa shape index (κ3) is 2.28. The molecule has 1 amide bonds. The molecule has 1 aromatic heterocycles. The van der Waals surface area contributed by atoms with Crippen LogP contribution in [0, 0.1) is 6.92 Å². The molecule has 2 heterocycles. The number of carbonyl (C=O) groups excluding carboxylic acids is 1. The molecule has 0 bridgehead atoms. The lowest BCUT2D eigenvalue weighted by Crippen LogP contribution is -2.24. The second kappa shape index (κ2) is 4.91. The maximum absolute atomic E-state index is 12.0. The Morgan fingerprint density at radius 2 is 1.95 bits per heavy atom. The average molecular weight is 284 g/mol. The van der Waals surface area contributed by atoms with Crippen LogP contribution in [0.3, 0.4) is 0 Å². The van der Waals surface area contributed by atoms with Crippen molar-refractivity contribution in [3.8, 4) is 0 Å². The number of hydrogen-bond donors (Lipinski definition) is 1. The van der Waals surface area contributed by atoms with Crippen molar-refractivity contribution in [3.63, 3.8) is 0 Å². The van der Waals surface area contributed by atoms with Gasteiger partial charge in [0, 0.05) is 44.7 Å². The Labute approximate surface area is 124 Å². The van der Waals surface area contributed by atoms with Gasteiger partial charge in [-0.25, -0.2) is 0 Å². The van der Waals surface area contributed by atoms with Gasteiger partial charge in [-0.2, -0.15) is 5.10 Å². The molecule has 5 nitrogen and oxygen atoms in total. The lowest BCUT2D eigenvalue weighted by molar-refractivity contribution is -0.116. The topological polar surface area (TPSA) is 50.2 Å². The molecule has 1 unspecified atom stereocenters. The highest BCUT2D eigenvalue weighted by atomic mass is 16.1. The van der Waals surface area contributed by atoms with Crippen LogP contribution in [0.25, 0.3) is 0 Å². The van der Waals surface area contributed by atoms with Crippen LogP contribution in [-0.4, -0.2) is 29.8 Å². The smallest absolute Gasteiger partial charge is 0.226 e. The second-order valence-corrected chi connectivity index (χ2v) is 5.76. The molecule has 0 fully saturated rings. The van der Waals surface area contributed by atoms with E-state index in [0.29, 0.717) is 6.42 Å². The zero-order chi connectivity index (χ0) is 15.1. The zero-order valence-electron chi connectivity index (χ0n) is 12.8. The van der Waals surface area contributed by atoms with Crippen molar-refractivity contribution in [1.82, 2.24) is 9.78 Å². The Bertz CT molecular complexity index is 685.